The van der Waals surface area contributed by atoms with E-state index in [0.29, 0.717) is 6.42 Å². The number of carbonyl (C=O) groups is 1. The number of hydrogen-bond donors (Lipinski definition) is 2. The van der Waals surface area contributed by atoms with Gasteiger partial charge in [0.15, 0.2) is 9.84 Å². The molecule has 0 heterocycles. The number of hydrogen-bond acceptors (Lipinski definition) is 4. The number of carbonyl (C=O) groups excluding carboxylic acids is 1. The Balaban J connectivity index is 4.98. The van der Waals surface area contributed by atoms with Crippen molar-refractivity contribution in [1.82, 2.24) is 5.32 Å². The van der Waals surface area contributed by atoms with Gasteiger partial charge in [-0.2, -0.15) is 0 Å². The van der Waals surface area contributed by atoms with Crippen molar-refractivity contribution in [3.05, 3.63) is 0 Å². The highest BCUT2D eigenvalue weighted by Crippen LogP contribution is 2.17. The van der Waals surface area contributed by atoms with Crippen LogP contribution in [0.2, 0.25) is 0 Å². The zero-order chi connectivity index (χ0) is 13.2. The predicted octanol–water partition coefficient (Wildman–Crippen LogP) is 0.0532. The molecule has 0 aliphatic carbocycles. The summed E-state index contributed by atoms with van der Waals surface area (Å²) in [6.07, 6.45) is 1.70. The first-order valence-corrected chi connectivity index (χ1v) is 7.11. The van der Waals surface area contributed by atoms with Gasteiger partial charge >= 0.3 is 0 Å². The SMILES string of the molecule is CCC(C)(CN)NC(=O)C(C)(C)S(C)(=O)=O. The number of amides is 1. The molecule has 0 aliphatic heterocycles. The molecule has 0 aromatic rings. The Labute approximate surface area is 97.7 Å². The standard InChI is InChI=1S/C10H22N2O3S/c1-6-10(4,7-11)12-8(13)9(2,3)16(5,14)15/h6-7,11H2,1-5H3,(H,12,13). The monoisotopic (exact) mass is 250 g/mol. The molecule has 1 unspecified atom stereocenters. The van der Waals surface area contributed by atoms with E-state index >= 15 is 0 Å². The highest BCUT2D eigenvalue weighted by molar-refractivity contribution is 7.92. The van der Waals surface area contributed by atoms with E-state index in [0.717, 1.165) is 6.26 Å². The average Bonchev–Trinajstić information content (AvgIpc) is 2.15. The summed E-state index contributed by atoms with van der Waals surface area (Å²) in [6.45, 7) is 6.74. The smallest absolute Gasteiger partial charge is 0.241 e. The van der Waals surface area contributed by atoms with E-state index in [9.17, 15) is 13.2 Å². The summed E-state index contributed by atoms with van der Waals surface area (Å²) in [5.74, 6) is -0.509. The molecule has 1 atom stereocenters. The Bertz CT molecular complexity index is 356. The first kappa shape index (κ1) is 15.4. The van der Waals surface area contributed by atoms with Crippen LogP contribution < -0.4 is 11.1 Å². The molecule has 96 valence electrons. The zero-order valence-electron chi connectivity index (χ0n) is 10.6. The molecule has 0 aromatic heterocycles. The van der Waals surface area contributed by atoms with Crippen LogP contribution in [0.15, 0.2) is 0 Å². The van der Waals surface area contributed by atoms with Gasteiger partial charge in [-0.3, -0.25) is 4.79 Å². The van der Waals surface area contributed by atoms with Gasteiger partial charge < -0.3 is 11.1 Å². The summed E-state index contributed by atoms with van der Waals surface area (Å²) in [4.78, 5) is 11.9. The molecule has 0 saturated carbocycles. The molecule has 0 fully saturated rings. The van der Waals surface area contributed by atoms with E-state index in [-0.39, 0.29) is 6.54 Å². The summed E-state index contributed by atoms with van der Waals surface area (Å²) in [5.41, 5.74) is 5.00. The normalized spacial score (nSPS) is 16.6. The van der Waals surface area contributed by atoms with E-state index in [1.807, 2.05) is 6.92 Å². The molecule has 0 aliphatic rings. The van der Waals surface area contributed by atoms with Gasteiger partial charge in [0.1, 0.15) is 4.75 Å². The molecular formula is C10H22N2O3S. The molecule has 0 radical (unpaired) electrons. The topological polar surface area (TPSA) is 89.3 Å². The molecular weight excluding hydrogens is 228 g/mol. The van der Waals surface area contributed by atoms with Gasteiger partial charge in [0.05, 0.1) is 0 Å². The maximum Gasteiger partial charge on any atom is 0.241 e. The van der Waals surface area contributed by atoms with Crippen LogP contribution >= 0.6 is 0 Å². The fraction of sp³-hybridized carbons (Fsp3) is 0.900. The Hall–Kier alpha value is -0.620. The Morgan fingerprint density at radius 3 is 2.00 bits per heavy atom. The van der Waals surface area contributed by atoms with Crippen molar-refractivity contribution < 1.29 is 13.2 Å². The van der Waals surface area contributed by atoms with E-state index in [4.69, 9.17) is 5.73 Å². The Morgan fingerprint density at radius 1 is 1.31 bits per heavy atom. The third-order valence-corrected chi connectivity index (χ3v) is 5.16. The van der Waals surface area contributed by atoms with E-state index < -0.39 is 26.0 Å². The second-order valence-corrected chi connectivity index (χ2v) is 7.42. The van der Waals surface area contributed by atoms with E-state index in [2.05, 4.69) is 5.32 Å². The fourth-order valence-corrected chi connectivity index (χ4v) is 1.26. The molecule has 0 bridgehead atoms. The number of rotatable bonds is 5. The van der Waals surface area contributed by atoms with Crippen molar-refractivity contribution in [2.24, 2.45) is 5.73 Å². The van der Waals surface area contributed by atoms with Crippen molar-refractivity contribution in [2.45, 2.75) is 44.4 Å². The lowest BCUT2D eigenvalue weighted by atomic mass is 9.98. The van der Waals surface area contributed by atoms with Gasteiger partial charge in [-0.25, -0.2) is 8.42 Å². The Morgan fingerprint density at radius 2 is 1.75 bits per heavy atom. The molecule has 1 amide bonds. The van der Waals surface area contributed by atoms with Crippen LogP contribution in [0.4, 0.5) is 0 Å². The number of sulfone groups is 1. The predicted molar refractivity (Wildman–Crippen MR) is 64.8 cm³/mol. The minimum absolute atomic E-state index is 0.273. The van der Waals surface area contributed by atoms with Crippen LogP contribution in [0.3, 0.4) is 0 Å². The lowest BCUT2D eigenvalue weighted by Gasteiger charge is -2.32. The van der Waals surface area contributed by atoms with Crippen LogP contribution in [0.25, 0.3) is 0 Å². The van der Waals surface area contributed by atoms with Crippen molar-refractivity contribution in [3.8, 4) is 0 Å². The molecule has 3 N–H and O–H groups in total. The zero-order valence-corrected chi connectivity index (χ0v) is 11.4. The molecule has 0 saturated heterocycles. The van der Waals surface area contributed by atoms with Crippen LogP contribution in [0, 0.1) is 0 Å². The van der Waals surface area contributed by atoms with Gasteiger partial charge in [0.25, 0.3) is 0 Å². The molecule has 0 rings (SSSR count). The fourth-order valence-electron chi connectivity index (χ4n) is 0.877. The van der Waals surface area contributed by atoms with Gasteiger partial charge in [0.2, 0.25) is 5.91 Å². The lowest BCUT2D eigenvalue weighted by molar-refractivity contribution is -0.124. The van der Waals surface area contributed by atoms with Gasteiger partial charge in [-0.15, -0.1) is 0 Å². The largest absolute Gasteiger partial charge is 0.348 e. The highest BCUT2D eigenvalue weighted by atomic mass is 32.2. The summed E-state index contributed by atoms with van der Waals surface area (Å²) in [6, 6.07) is 0. The quantitative estimate of drug-likeness (QED) is 0.721. The van der Waals surface area contributed by atoms with Crippen molar-refractivity contribution in [2.75, 3.05) is 12.8 Å². The maximum absolute atomic E-state index is 11.9. The lowest BCUT2D eigenvalue weighted by Crippen LogP contribution is -2.58. The van der Waals surface area contributed by atoms with E-state index in [1.165, 1.54) is 13.8 Å². The average molecular weight is 250 g/mol. The van der Waals surface area contributed by atoms with Crippen LogP contribution in [-0.4, -0.2) is 37.4 Å². The number of nitrogens with two attached hydrogens (primary N) is 1. The first-order valence-electron chi connectivity index (χ1n) is 5.22. The first-order chi connectivity index (χ1) is 7.00. The Kier molecular flexibility index (Phi) is 4.53. The third-order valence-electron chi connectivity index (χ3n) is 3.12. The van der Waals surface area contributed by atoms with Crippen LogP contribution in [-0.2, 0) is 14.6 Å². The van der Waals surface area contributed by atoms with Crippen molar-refractivity contribution in [1.29, 1.82) is 0 Å². The summed E-state index contributed by atoms with van der Waals surface area (Å²) in [7, 11) is -3.44. The minimum Gasteiger partial charge on any atom is -0.348 e. The van der Waals surface area contributed by atoms with Gasteiger partial charge in [-0.05, 0) is 27.2 Å². The van der Waals surface area contributed by atoms with Crippen molar-refractivity contribution in [3.63, 3.8) is 0 Å². The molecule has 6 heteroatoms. The van der Waals surface area contributed by atoms with Gasteiger partial charge in [0, 0.05) is 18.3 Å². The second-order valence-electron chi connectivity index (χ2n) is 4.85. The van der Waals surface area contributed by atoms with Crippen LogP contribution in [0.1, 0.15) is 34.1 Å². The molecule has 5 nitrogen and oxygen atoms in total. The molecule has 0 spiro atoms. The summed E-state index contributed by atoms with van der Waals surface area (Å²) in [5, 5.41) is 2.70. The second kappa shape index (κ2) is 4.71. The van der Waals surface area contributed by atoms with Crippen LogP contribution in [0.5, 0.6) is 0 Å². The summed E-state index contributed by atoms with van der Waals surface area (Å²) < 4.78 is 21.5. The maximum atomic E-state index is 11.9. The minimum atomic E-state index is -3.44. The number of nitrogens with one attached hydrogen (secondary N) is 1. The van der Waals surface area contributed by atoms with E-state index in [1.54, 1.807) is 6.92 Å². The third kappa shape index (κ3) is 3.18. The van der Waals surface area contributed by atoms with Crippen molar-refractivity contribution >= 4 is 15.7 Å². The molecule has 0 aromatic carbocycles. The molecule has 16 heavy (non-hydrogen) atoms. The highest BCUT2D eigenvalue weighted by Gasteiger charge is 2.40. The van der Waals surface area contributed by atoms with Gasteiger partial charge in [-0.1, -0.05) is 6.92 Å². The summed E-state index contributed by atoms with van der Waals surface area (Å²) >= 11 is 0.